The highest BCUT2D eigenvalue weighted by Crippen LogP contribution is 2.12. The lowest BCUT2D eigenvalue weighted by atomic mass is 10.5. The summed E-state index contributed by atoms with van der Waals surface area (Å²) in [6.07, 6.45) is 3.74. The number of halogens is 1. The molecule has 78 valence electrons. The Kier molecular flexibility index (Phi) is 2.73. The first-order valence-electron chi connectivity index (χ1n) is 4.41. The fourth-order valence-electron chi connectivity index (χ4n) is 1.26. The molecule has 0 aliphatic heterocycles. The van der Waals surface area contributed by atoms with Crippen molar-refractivity contribution in [2.45, 2.75) is 13.5 Å². The van der Waals surface area contributed by atoms with Gasteiger partial charge in [-0.05, 0) is 28.1 Å². The topological polar surface area (TPSA) is 43.6 Å². The average Bonchev–Trinajstić information content (AvgIpc) is 2.56. The Balaban J connectivity index is 2.27. The van der Waals surface area contributed by atoms with Crippen LogP contribution in [0.15, 0.2) is 29.0 Å². The summed E-state index contributed by atoms with van der Waals surface area (Å²) in [4.78, 5) is 14.9. The summed E-state index contributed by atoms with van der Waals surface area (Å²) in [7, 11) is 0. The van der Waals surface area contributed by atoms with Crippen LogP contribution in [0.3, 0.4) is 0 Å². The number of nitrogens with zero attached hydrogens (tertiary/aromatic N) is 2. The lowest BCUT2D eigenvalue weighted by Crippen LogP contribution is -1.98. The highest BCUT2D eigenvalue weighted by Gasteiger charge is 2.03. The molecule has 5 heteroatoms. The van der Waals surface area contributed by atoms with E-state index in [2.05, 4.69) is 20.9 Å². The summed E-state index contributed by atoms with van der Waals surface area (Å²) < 4.78 is 7.72. The Hall–Kier alpha value is -1.36. The molecule has 2 rings (SSSR count). The van der Waals surface area contributed by atoms with Crippen molar-refractivity contribution in [3.63, 3.8) is 0 Å². The van der Waals surface area contributed by atoms with Gasteiger partial charge in [-0.2, -0.15) is 0 Å². The van der Waals surface area contributed by atoms with Gasteiger partial charge in [0.2, 0.25) is 0 Å². The number of aromatic nitrogens is 2. The van der Waals surface area contributed by atoms with E-state index in [0.717, 1.165) is 15.8 Å². The molecule has 0 fully saturated rings. The molecule has 0 aliphatic rings. The van der Waals surface area contributed by atoms with Gasteiger partial charge in [0.05, 0.1) is 5.69 Å². The largest absolute Gasteiger partial charge is 0.459 e. The predicted molar refractivity (Wildman–Crippen MR) is 58.4 cm³/mol. The SMILES string of the molecule is CC(=O)OCc1cn2cc(Br)ccc2n1. The van der Waals surface area contributed by atoms with Crippen molar-refractivity contribution in [1.82, 2.24) is 9.38 Å². The monoisotopic (exact) mass is 268 g/mol. The summed E-state index contributed by atoms with van der Waals surface area (Å²) >= 11 is 3.37. The van der Waals surface area contributed by atoms with Crippen LogP contribution >= 0.6 is 15.9 Å². The smallest absolute Gasteiger partial charge is 0.303 e. The number of hydrogen-bond acceptors (Lipinski definition) is 3. The molecule has 0 atom stereocenters. The van der Waals surface area contributed by atoms with E-state index in [9.17, 15) is 4.79 Å². The van der Waals surface area contributed by atoms with Gasteiger partial charge in [-0.3, -0.25) is 4.79 Å². The van der Waals surface area contributed by atoms with Crippen LogP contribution in [0.4, 0.5) is 0 Å². The molecule has 0 saturated heterocycles. The minimum Gasteiger partial charge on any atom is -0.459 e. The van der Waals surface area contributed by atoms with E-state index in [0.29, 0.717) is 0 Å². The third-order valence-corrected chi connectivity index (χ3v) is 2.36. The normalized spacial score (nSPS) is 10.5. The van der Waals surface area contributed by atoms with E-state index in [1.165, 1.54) is 6.92 Å². The van der Waals surface area contributed by atoms with E-state index >= 15 is 0 Å². The summed E-state index contributed by atoms with van der Waals surface area (Å²) in [5.74, 6) is -0.298. The van der Waals surface area contributed by atoms with Crippen LogP contribution in [0.25, 0.3) is 5.65 Å². The zero-order valence-electron chi connectivity index (χ0n) is 8.11. The Morgan fingerprint density at radius 2 is 2.33 bits per heavy atom. The molecule has 0 bridgehead atoms. The zero-order valence-corrected chi connectivity index (χ0v) is 9.69. The first kappa shape index (κ1) is 10.2. The number of carbonyl (C=O) groups is 1. The van der Waals surface area contributed by atoms with E-state index in [1.807, 2.05) is 28.9 Å². The fourth-order valence-corrected chi connectivity index (χ4v) is 1.62. The molecule has 0 saturated carbocycles. The standard InChI is InChI=1S/C10H9BrN2O2/c1-7(14)15-6-9-5-13-4-8(11)2-3-10(13)12-9/h2-5H,6H2,1H3. The molecule has 2 aromatic heterocycles. The summed E-state index contributed by atoms with van der Waals surface area (Å²) in [6.45, 7) is 1.60. The lowest BCUT2D eigenvalue weighted by molar-refractivity contribution is -0.142. The quantitative estimate of drug-likeness (QED) is 0.785. The molecular weight excluding hydrogens is 260 g/mol. The molecule has 0 aliphatic carbocycles. The maximum absolute atomic E-state index is 10.6. The minimum absolute atomic E-state index is 0.217. The Morgan fingerprint density at radius 3 is 3.07 bits per heavy atom. The highest BCUT2D eigenvalue weighted by atomic mass is 79.9. The average molecular weight is 269 g/mol. The maximum atomic E-state index is 10.6. The number of rotatable bonds is 2. The predicted octanol–water partition coefficient (Wildman–Crippen LogP) is 2.16. The van der Waals surface area contributed by atoms with Crippen molar-refractivity contribution in [1.29, 1.82) is 0 Å². The van der Waals surface area contributed by atoms with E-state index < -0.39 is 0 Å². The molecule has 2 heterocycles. The second-order valence-electron chi connectivity index (χ2n) is 3.13. The van der Waals surface area contributed by atoms with Crippen LogP contribution in [0.1, 0.15) is 12.6 Å². The van der Waals surface area contributed by atoms with Gasteiger partial charge in [-0.25, -0.2) is 4.98 Å². The fraction of sp³-hybridized carbons (Fsp3) is 0.200. The molecule has 0 spiro atoms. The molecule has 0 radical (unpaired) electrons. The minimum atomic E-state index is -0.298. The third kappa shape index (κ3) is 2.36. The Labute approximate surface area is 95.0 Å². The summed E-state index contributed by atoms with van der Waals surface area (Å²) in [5.41, 5.74) is 1.57. The van der Waals surface area contributed by atoms with Gasteiger partial charge in [0.15, 0.2) is 0 Å². The van der Waals surface area contributed by atoms with Crippen LogP contribution < -0.4 is 0 Å². The molecule has 2 aromatic rings. The van der Waals surface area contributed by atoms with E-state index in [-0.39, 0.29) is 12.6 Å². The Morgan fingerprint density at radius 1 is 1.53 bits per heavy atom. The number of esters is 1. The molecule has 0 unspecified atom stereocenters. The molecule has 4 nitrogen and oxygen atoms in total. The molecule has 15 heavy (non-hydrogen) atoms. The van der Waals surface area contributed by atoms with Gasteiger partial charge in [-0.15, -0.1) is 0 Å². The number of fused-ring (bicyclic) bond motifs is 1. The van der Waals surface area contributed by atoms with Crippen molar-refractivity contribution >= 4 is 27.5 Å². The third-order valence-electron chi connectivity index (χ3n) is 1.89. The van der Waals surface area contributed by atoms with Crippen LogP contribution in [0, 0.1) is 0 Å². The van der Waals surface area contributed by atoms with Gasteiger partial charge in [0, 0.05) is 23.8 Å². The van der Waals surface area contributed by atoms with Crippen molar-refractivity contribution in [2.24, 2.45) is 0 Å². The van der Waals surface area contributed by atoms with Gasteiger partial charge in [-0.1, -0.05) is 0 Å². The number of carbonyl (C=O) groups excluding carboxylic acids is 1. The lowest BCUT2D eigenvalue weighted by Gasteiger charge is -1.95. The molecule has 0 aromatic carbocycles. The molecule has 0 N–H and O–H groups in total. The number of hydrogen-bond donors (Lipinski definition) is 0. The second kappa shape index (κ2) is 4.02. The van der Waals surface area contributed by atoms with Crippen molar-refractivity contribution in [3.8, 4) is 0 Å². The van der Waals surface area contributed by atoms with E-state index in [4.69, 9.17) is 4.74 Å². The van der Waals surface area contributed by atoms with Gasteiger partial charge >= 0.3 is 5.97 Å². The number of ether oxygens (including phenoxy) is 1. The van der Waals surface area contributed by atoms with Gasteiger partial charge < -0.3 is 9.14 Å². The van der Waals surface area contributed by atoms with Gasteiger partial charge in [0.1, 0.15) is 12.3 Å². The van der Waals surface area contributed by atoms with Crippen molar-refractivity contribution in [2.75, 3.05) is 0 Å². The number of imidazole rings is 1. The van der Waals surface area contributed by atoms with Gasteiger partial charge in [0.25, 0.3) is 0 Å². The first-order valence-corrected chi connectivity index (χ1v) is 5.21. The highest BCUT2D eigenvalue weighted by molar-refractivity contribution is 9.10. The van der Waals surface area contributed by atoms with Crippen molar-refractivity contribution in [3.05, 3.63) is 34.7 Å². The first-order chi connectivity index (χ1) is 7.15. The van der Waals surface area contributed by atoms with Crippen LogP contribution in [-0.2, 0) is 16.1 Å². The molecular formula is C10H9BrN2O2. The summed E-state index contributed by atoms with van der Waals surface area (Å²) in [6, 6.07) is 3.80. The second-order valence-corrected chi connectivity index (χ2v) is 4.04. The van der Waals surface area contributed by atoms with E-state index in [1.54, 1.807) is 0 Å². The summed E-state index contributed by atoms with van der Waals surface area (Å²) in [5, 5.41) is 0. The van der Waals surface area contributed by atoms with Crippen LogP contribution in [0.2, 0.25) is 0 Å². The molecule has 0 amide bonds. The zero-order chi connectivity index (χ0) is 10.8. The number of pyridine rings is 1. The van der Waals surface area contributed by atoms with Crippen LogP contribution in [-0.4, -0.2) is 15.4 Å². The van der Waals surface area contributed by atoms with Crippen LogP contribution in [0.5, 0.6) is 0 Å². The maximum Gasteiger partial charge on any atom is 0.303 e. The van der Waals surface area contributed by atoms with Crippen molar-refractivity contribution < 1.29 is 9.53 Å². The Bertz CT molecular complexity index is 507.